The molecule has 0 spiro atoms. The van der Waals surface area contributed by atoms with Crippen molar-refractivity contribution in [2.45, 2.75) is 19.3 Å². The van der Waals surface area contributed by atoms with Crippen LogP contribution in [0.15, 0.2) is 41.0 Å². The van der Waals surface area contributed by atoms with Crippen molar-refractivity contribution in [3.8, 4) is 17.3 Å². The highest BCUT2D eigenvalue weighted by Crippen LogP contribution is 2.24. The zero-order valence-corrected chi connectivity index (χ0v) is 11.8. The van der Waals surface area contributed by atoms with E-state index in [9.17, 15) is 0 Å². The lowest BCUT2D eigenvalue weighted by Gasteiger charge is -2.14. The maximum atomic E-state index is 9.12. The van der Waals surface area contributed by atoms with Gasteiger partial charge in [-0.05, 0) is 32.0 Å². The SMILES string of the molecule is CC(C)(C#N)c1nccc(-c2cccc(Br)c2)n1. The number of benzene rings is 1. The molecule has 1 aromatic carbocycles. The minimum Gasteiger partial charge on any atom is -0.240 e. The first-order valence-electron chi connectivity index (χ1n) is 5.53. The minimum absolute atomic E-state index is 0.544. The van der Waals surface area contributed by atoms with Gasteiger partial charge in [-0.2, -0.15) is 5.26 Å². The third-order valence-electron chi connectivity index (χ3n) is 2.61. The molecule has 0 atom stereocenters. The fourth-order valence-electron chi connectivity index (χ4n) is 1.52. The molecule has 0 aliphatic heterocycles. The van der Waals surface area contributed by atoms with Gasteiger partial charge in [0.05, 0.1) is 11.8 Å². The summed E-state index contributed by atoms with van der Waals surface area (Å²) >= 11 is 3.44. The van der Waals surface area contributed by atoms with E-state index < -0.39 is 5.41 Å². The Morgan fingerprint density at radius 3 is 2.72 bits per heavy atom. The van der Waals surface area contributed by atoms with Gasteiger partial charge in [0, 0.05) is 16.2 Å². The van der Waals surface area contributed by atoms with Gasteiger partial charge in [-0.3, -0.25) is 0 Å². The number of nitrogens with zero attached hydrogens (tertiary/aromatic N) is 3. The molecule has 0 saturated heterocycles. The third-order valence-corrected chi connectivity index (χ3v) is 3.11. The van der Waals surface area contributed by atoms with Gasteiger partial charge in [0.25, 0.3) is 0 Å². The molecule has 1 aromatic heterocycles. The van der Waals surface area contributed by atoms with E-state index in [-0.39, 0.29) is 0 Å². The summed E-state index contributed by atoms with van der Waals surface area (Å²) in [7, 11) is 0. The van der Waals surface area contributed by atoms with Crippen LogP contribution < -0.4 is 0 Å². The number of nitriles is 1. The second kappa shape index (κ2) is 4.87. The molecule has 3 nitrogen and oxygen atoms in total. The van der Waals surface area contributed by atoms with Crippen molar-refractivity contribution in [2.24, 2.45) is 0 Å². The molecule has 0 saturated carbocycles. The summed E-state index contributed by atoms with van der Waals surface area (Å²) in [5, 5.41) is 9.12. The van der Waals surface area contributed by atoms with Gasteiger partial charge in [0.2, 0.25) is 0 Å². The van der Waals surface area contributed by atoms with Gasteiger partial charge in [0.1, 0.15) is 11.2 Å². The van der Waals surface area contributed by atoms with Crippen LogP contribution in [0.25, 0.3) is 11.3 Å². The van der Waals surface area contributed by atoms with Gasteiger partial charge in [-0.15, -0.1) is 0 Å². The predicted octanol–water partition coefficient (Wildman–Crippen LogP) is 3.71. The maximum Gasteiger partial charge on any atom is 0.148 e. The number of hydrogen-bond acceptors (Lipinski definition) is 3. The summed E-state index contributed by atoms with van der Waals surface area (Å²) in [5.74, 6) is 0.544. The molecule has 90 valence electrons. The third kappa shape index (κ3) is 2.57. The van der Waals surface area contributed by atoms with E-state index in [0.29, 0.717) is 5.82 Å². The van der Waals surface area contributed by atoms with Gasteiger partial charge in [-0.25, -0.2) is 9.97 Å². The highest BCUT2D eigenvalue weighted by Gasteiger charge is 2.23. The summed E-state index contributed by atoms with van der Waals surface area (Å²) in [4.78, 5) is 8.66. The molecule has 0 aliphatic carbocycles. The second-order valence-electron chi connectivity index (χ2n) is 4.51. The Kier molecular flexibility index (Phi) is 3.44. The molecule has 2 aromatic rings. The van der Waals surface area contributed by atoms with E-state index in [4.69, 9.17) is 5.26 Å². The summed E-state index contributed by atoms with van der Waals surface area (Å²) in [5.41, 5.74) is 1.15. The van der Waals surface area contributed by atoms with Crippen molar-refractivity contribution in [3.63, 3.8) is 0 Å². The largest absolute Gasteiger partial charge is 0.240 e. The highest BCUT2D eigenvalue weighted by molar-refractivity contribution is 9.10. The summed E-state index contributed by atoms with van der Waals surface area (Å²) in [6.45, 7) is 3.63. The highest BCUT2D eigenvalue weighted by atomic mass is 79.9. The van der Waals surface area contributed by atoms with Crippen molar-refractivity contribution in [3.05, 3.63) is 46.8 Å². The molecule has 2 rings (SSSR count). The number of halogens is 1. The van der Waals surface area contributed by atoms with E-state index in [2.05, 4.69) is 32.0 Å². The van der Waals surface area contributed by atoms with Gasteiger partial charge < -0.3 is 0 Å². The van der Waals surface area contributed by atoms with Crippen LogP contribution in [0.4, 0.5) is 0 Å². The van der Waals surface area contributed by atoms with Crippen molar-refractivity contribution < 1.29 is 0 Å². The summed E-state index contributed by atoms with van der Waals surface area (Å²) < 4.78 is 1.000. The van der Waals surface area contributed by atoms with Crippen LogP contribution in [-0.4, -0.2) is 9.97 Å². The van der Waals surface area contributed by atoms with Gasteiger partial charge in [-0.1, -0.05) is 28.1 Å². The van der Waals surface area contributed by atoms with E-state index in [0.717, 1.165) is 15.7 Å². The molecule has 4 heteroatoms. The Morgan fingerprint density at radius 2 is 2.06 bits per heavy atom. The molecule has 0 bridgehead atoms. The number of aromatic nitrogens is 2. The van der Waals surface area contributed by atoms with Crippen molar-refractivity contribution >= 4 is 15.9 Å². The van der Waals surface area contributed by atoms with Crippen molar-refractivity contribution in [2.75, 3.05) is 0 Å². The Labute approximate surface area is 115 Å². The standard InChI is InChI=1S/C14H12BrN3/c1-14(2,9-16)13-17-7-6-12(18-13)10-4-3-5-11(15)8-10/h3-8H,1-2H3. The molecule has 0 aliphatic rings. The van der Waals surface area contributed by atoms with Crippen LogP contribution in [0.3, 0.4) is 0 Å². The summed E-state index contributed by atoms with van der Waals surface area (Å²) in [6, 6.07) is 12.0. The van der Waals surface area contributed by atoms with E-state index in [1.54, 1.807) is 6.20 Å². The maximum absolute atomic E-state index is 9.12. The Balaban J connectivity index is 2.49. The molecule has 0 unspecified atom stereocenters. The van der Waals surface area contributed by atoms with Crippen LogP contribution in [0.1, 0.15) is 19.7 Å². The van der Waals surface area contributed by atoms with Crippen LogP contribution >= 0.6 is 15.9 Å². The average molecular weight is 302 g/mol. The number of hydrogen-bond donors (Lipinski definition) is 0. The van der Waals surface area contributed by atoms with Crippen LogP contribution in [0, 0.1) is 11.3 Å². The van der Waals surface area contributed by atoms with Crippen LogP contribution in [0.2, 0.25) is 0 Å². The predicted molar refractivity (Wildman–Crippen MR) is 73.8 cm³/mol. The molecular weight excluding hydrogens is 290 g/mol. The monoisotopic (exact) mass is 301 g/mol. The minimum atomic E-state index is -0.679. The second-order valence-corrected chi connectivity index (χ2v) is 5.43. The molecule has 18 heavy (non-hydrogen) atoms. The smallest absolute Gasteiger partial charge is 0.148 e. The van der Waals surface area contributed by atoms with E-state index >= 15 is 0 Å². The van der Waals surface area contributed by atoms with E-state index in [1.165, 1.54) is 0 Å². The first-order chi connectivity index (χ1) is 8.53. The lowest BCUT2D eigenvalue weighted by atomic mass is 9.94. The quantitative estimate of drug-likeness (QED) is 0.849. The first kappa shape index (κ1) is 12.7. The van der Waals surface area contributed by atoms with Crippen molar-refractivity contribution in [1.82, 2.24) is 9.97 Å². The number of rotatable bonds is 2. The topological polar surface area (TPSA) is 49.6 Å². The first-order valence-corrected chi connectivity index (χ1v) is 6.33. The zero-order chi connectivity index (χ0) is 13.2. The zero-order valence-electron chi connectivity index (χ0n) is 10.2. The lowest BCUT2D eigenvalue weighted by Crippen LogP contribution is -2.18. The average Bonchev–Trinajstić information content (AvgIpc) is 2.39. The van der Waals surface area contributed by atoms with Gasteiger partial charge >= 0.3 is 0 Å². The fraction of sp³-hybridized carbons (Fsp3) is 0.214. The lowest BCUT2D eigenvalue weighted by molar-refractivity contribution is 0.630. The van der Waals surface area contributed by atoms with Gasteiger partial charge in [0.15, 0.2) is 0 Å². The summed E-state index contributed by atoms with van der Waals surface area (Å²) in [6.07, 6.45) is 1.69. The normalized spacial score (nSPS) is 11.0. The van der Waals surface area contributed by atoms with Crippen molar-refractivity contribution in [1.29, 1.82) is 5.26 Å². The van der Waals surface area contributed by atoms with Crippen LogP contribution in [0.5, 0.6) is 0 Å². The molecular formula is C14H12BrN3. The Morgan fingerprint density at radius 1 is 1.28 bits per heavy atom. The molecule has 0 amide bonds. The Bertz CT molecular complexity index is 614. The molecule has 0 fully saturated rings. The van der Waals surface area contributed by atoms with Crippen LogP contribution in [-0.2, 0) is 5.41 Å². The molecule has 0 radical (unpaired) electrons. The molecule has 1 heterocycles. The fourth-order valence-corrected chi connectivity index (χ4v) is 1.92. The molecule has 0 N–H and O–H groups in total. The Hall–Kier alpha value is -1.73. The van der Waals surface area contributed by atoms with E-state index in [1.807, 2.05) is 44.2 Å².